The predicted molar refractivity (Wildman–Crippen MR) is 74.8 cm³/mol. The first-order valence-corrected chi connectivity index (χ1v) is 6.94. The van der Waals surface area contributed by atoms with Crippen molar-refractivity contribution in [1.29, 1.82) is 0 Å². The van der Waals surface area contributed by atoms with Crippen LogP contribution in [-0.4, -0.2) is 12.3 Å². The maximum atomic E-state index is 12.3. The molecule has 1 atom stereocenters. The van der Waals surface area contributed by atoms with Crippen molar-refractivity contribution in [3.05, 3.63) is 34.9 Å². The number of ketones is 1. The Morgan fingerprint density at radius 1 is 1.28 bits per heavy atom. The van der Waals surface area contributed by atoms with Crippen molar-refractivity contribution in [1.82, 2.24) is 5.32 Å². The molecule has 1 heterocycles. The Morgan fingerprint density at radius 3 is 2.78 bits per heavy atom. The van der Waals surface area contributed by atoms with Crippen LogP contribution in [0.1, 0.15) is 48.7 Å². The van der Waals surface area contributed by atoms with Crippen LogP contribution in [0.15, 0.2) is 18.2 Å². The maximum absolute atomic E-state index is 12.3. The Hall–Kier alpha value is -1.15. The molecule has 1 N–H and O–H groups in total. The van der Waals surface area contributed by atoms with Gasteiger partial charge in [0.1, 0.15) is 0 Å². The van der Waals surface area contributed by atoms with E-state index < -0.39 is 0 Å². The molecule has 0 spiro atoms. The first kappa shape index (κ1) is 13.3. The standard InChI is InChI=1S/C16H23NO/c1-11(2)8-12(3)16(18)14-5-4-13-6-7-17-10-15(13)9-14/h4-5,9,11-12,17H,6-8,10H2,1-3H3. The highest BCUT2D eigenvalue weighted by atomic mass is 16.1. The van der Waals surface area contributed by atoms with Crippen LogP contribution in [0.4, 0.5) is 0 Å². The third kappa shape index (κ3) is 2.99. The molecule has 0 bridgehead atoms. The van der Waals surface area contributed by atoms with Crippen LogP contribution in [0, 0.1) is 11.8 Å². The zero-order valence-electron chi connectivity index (χ0n) is 11.6. The van der Waals surface area contributed by atoms with E-state index in [0.717, 1.165) is 31.5 Å². The van der Waals surface area contributed by atoms with Crippen molar-refractivity contribution >= 4 is 5.78 Å². The number of fused-ring (bicyclic) bond motifs is 1. The molecule has 1 aromatic carbocycles. The molecule has 0 saturated heterocycles. The summed E-state index contributed by atoms with van der Waals surface area (Å²) in [6, 6.07) is 6.22. The summed E-state index contributed by atoms with van der Waals surface area (Å²) >= 11 is 0. The van der Waals surface area contributed by atoms with Gasteiger partial charge in [-0.2, -0.15) is 0 Å². The van der Waals surface area contributed by atoms with Crippen LogP contribution in [-0.2, 0) is 13.0 Å². The van der Waals surface area contributed by atoms with E-state index >= 15 is 0 Å². The number of Topliss-reactive ketones (excluding diaryl/α,β-unsaturated/α-hetero) is 1. The molecule has 0 amide bonds. The van der Waals surface area contributed by atoms with Crippen LogP contribution < -0.4 is 5.32 Å². The van der Waals surface area contributed by atoms with E-state index in [1.54, 1.807) is 0 Å². The van der Waals surface area contributed by atoms with E-state index in [9.17, 15) is 4.79 Å². The van der Waals surface area contributed by atoms with Crippen LogP contribution in [0.3, 0.4) is 0 Å². The molecule has 0 aromatic heterocycles. The van der Waals surface area contributed by atoms with Gasteiger partial charge in [0.25, 0.3) is 0 Å². The molecule has 0 aliphatic carbocycles. The average Bonchev–Trinajstić information content (AvgIpc) is 2.36. The number of hydrogen-bond donors (Lipinski definition) is 1. The quantitative estimate of drug-likeness (QED) is 0.825. The van der Waals surface area contributed by atoms with Gasteiger partial charge in [-0.25, -0.2) is 0 Å². The van der Waals surface area contributed by atoms with Crippen molar-refractivity contribution in [2.24, 2.45) is 11.8 Å². The van der Waals surface area contributed by atoms with Crippen molar-refractivity contribution in [3.63, 3.8) is 0 Å². The first-order valence-electron chi connectivity index (χ1n) is 6.94. The second-order valence-electron chi connectivity index (χ2n) is 5.81. The van der Waals surface area contributed by atoms with Gasteiger partial charge in [-0.1, -0.05) is 32.9 Å². The Morgan fingerprint density at radius 2 is 2.06 bits per heavy atom. The molecule has 2 heteroatoms. The molecule has 18 heavy (non-hydrogen) atoms. The van der Waals surface area contributed by atoms with Gasteiger partial charge in [0.05, 0.1) is 0 Å². The van der Waals surface area contributed by atoms with Gasteiger partial charge in [-0.05, 0) is 42.5 Å². The predicted octanol–water partition coefficient (Wildman–Crippen LogP) is 3.20. The highest BCUT2D eigenvalue weighted by molar-refractivity contribution is 5.97. The number of hydrogen-bond acceptors (Lipinski definition) is 2. The second kappa shape index (κ2) is 5.66. The van der Waals surface area contributed by atoms with E-state index in [1.165, 1.54) is 11.1 Å². The monoisotopic (exact) mass is 245 g/mol. The number of nitrogens with one attached hydrogen (secondary N) is 1. The molecule has 1 unspecified atom stereocenters. The first-order chi connectivity index (χ1) is 8.58. The molecule has 0 saturated carbocycles. The van der Waals surface area contributed by atoms with Gasteiger partial charge in [0, 0.05) is 18.0 Å². The smallest absolute Gasteiger partial charge is 0.165 e. The molecule has 98 valence electrons. The summed E-state index contributed by atoms with van der Waals surface area (Å²) in [5.74, 6) is 0.986. The highest BCUT2D eigenvalue weighted by Crippen LogP contribution is 2.21. The van der Waals surface area contributed by atoms with Gasteiger partial charge in [-0.15, -0.1) is 0 Å². The molecule has 0 radical (unpaired) electrons. The lowest BCUT2D eigenvalue weighted by atomic mass is 9.89. The van der Waals surface area contributed by atoms with Gasteiger partial charge < -0.3 is 5.32 Å². The molecule has 1 aromatic rings. The molecule has 1 aliphatic rings. The van der Waals surface area contributed by atoms with Crippen molar-refractivity contribution in [2.45, 2.75) is 40.2 Å². The van der Waals surface area contributed by atoms with E-state index in [2.05, 4.69) is 31.3 Å². The summed E-state index contributed by atoms with van der Waals surface area (Å²) < 4.78 is 0. The molecule has 0 fully saturated rings. The fourth-order valence-electron chi connectivity index (χ4n) is 2.73. The summed E-state index contributed by atoms with van der Waals surface area (Å²) in [7, 11) is 0. The number of rotatable bonds is 4. The summed E-state index contributed by atoms with van der Waals surface area (Å²) in [5.41, 5.74) is 3.57. The van der Waals surface area contributed by atoms with Crippen molar-refractivity contribution in [2.75, 3.05) is 6.54 Å². The van der Waals surface area contributed by atoms with Gasteiger partial charge >= 0.3 is 0 Å². The minimum absolute atomic E-state index is 0.125. The fraction of sp³-hybridized carbons (Fsp3) is 0.562. The van der Waals surface area contributed by atoms with E-state index in [0.29, 0.717) is 5.92 Å². The summed E-state index contributed by atoms with van der Waals surface area (Å²) in [5, 5.41) is 3.36. The van der Waals surface area contributed by atoms with Gasteiger partial charge in [0.2, 0.25) is 0 Å². The van der Waals surface area contributed by atoms with Crippen LogP contribution in [0.5, 0.6) is 0 Å². The lowest BCUT2D eigenvalue weighted by Crippen LogP contribution is -2.24. The third-order valence-electron chi connectivity index (χ3n) is 3.65. The van der Waals surface area contributed by atoms with Gasteiger partial charge in [-0.3, -0.25) is 4.79 Å². The van der Waals surface area contributed by atoms with E-state index in [1.807, 2.05) is 13.0 Å². The Balaban J connectivity index is 2.15. The van der Waals surface area contributed by atoms with Crippen LogP contribution >= 0.6 is 0 Å². The summed E-state index contributed by atoms with van der Waals surface area (Å²) in [4.78, 5) is 12.3. The van der Waals surface area contributed by atoms with Crippen molar-refractivity contribution < 1.29 is 4.79 Å². The lowest BCUT2D eigenvalue weighted by Gasteiger charge is -2.19. The molecule has 1 aliphatic heterocycles. The summed E-state index contributed by atoms with van der Waals surface area (Å²) in [6.45, 7) is 8.32. The molecule has 2 rings (SSSR count). The van der Waals surface area contributed by atoms with Crippen LogP contribution in [0.25, 0.3) is 0 Å². The maximum Gasteiger partial charge on any atom is 0.165 e. The SMILES string of the molecule is CC(C)CC(C)C(=O)c1ccc2c(c1)CNCC2. The number of benzene rings is 1. The molecular weight excluding hydrogens is 222 g/mol. The zero-order chi connectivity index (χ0) is 13.1. The Labute approximate surface area is 110 Å². The molecular formula is C16H23NO. The Bertz CT molecular complexity index is 437. The topological polar surface area (TPSA) is 29.1 Å². The fourth-order valence-corrected chi connectivity index (χ4v) is 2.73. The second-order valence-corrected chi connectivity index (χ2v) is 5.81. The highest BCUT2D eigenvalue weighted by Gasteiger charge is 2.18. The largest absolute Gasteiger partial charge is 0.312 e. The number of carbonyl (C=O) groups is 1. The minimum atomic E-state index is 0.125. The summed E-state index contributed by atoms with van der Waals surface area (Å²) in [6.07, 6.45) is 2.04. The van der Waals surface area contributed by atoms with Crippen LogP contribution in [0.2, 0.25) is 0 Å². The molecule has 2 nitrogen and oxygen atoms in total. The Kier molecular flexibility index (Phi) is 4.18. The zero-order valence-corrected chi connectivity index (χ0v) is 11.6. The normalized spacial score (nSPS) is 16.4. The lowest BCUT2D eigenvalue weighted by molar-refractivity contribution is 0.0915. The number of carbonyl (C=O) groups excluding carboxylic acids is 1. The minimum Gasteiger partial charge on any atom is -0.312 e. The van der Waals surface area contributed by atoms with Crippen molar-refractivity contribution in [3.8, 4) is 0 Å². The average molecular weight is 245 g/mol. The van der Waals surface area contributed by atoms with E-state index in [-0.39, 0.29) is 11.7 Å². The van der Waals surface area contributed by atoms with E-state index in [4.69, 9.17) is 0 Å². The van der Waals surface area contributed by atoms with Gasteiger partial charge in [0.15, 0.2) is 5.78 Å². The third-order valence-corrected chi connectivity index (χ3v) is 3.65.